The van der Waals surface area contributed by atoms with Crippen molar-refractivity contribution in [3.05, 3.63) is 34.4 Å². The van der Waals surface area contributed by atoms with Crippen LogP contribution in [-0.4, -0.2) is 35.0 Å². The third-order valence-electron chi connectivity index (χ3n) is 3.63. The van der Waals surface area contributed by atoms with Gasteiger partial charge in [0.15, 0.2) is 0 Å². The van der Waals surface area contributed by atoms with Gasteiger partial charge in [0, 0.05) is 19.6 Å². The van der Waals surface area contributed by atoms with Crippen LogP contribution < -0.4 is 5.32 Å². The molecule has 0 saturated heterocycles. The molecule has 1 aromatic carbocycles. The Kier molecular flexibility index (Phi) is 4.39. The highest BCUT2D eigenvalue weighted by molar-refractivity contribution is 5.78. The van der Waals surface area contributed by atoms with Crippen LogP contribution in [0.2, 0.25) is 0 Å². The second-order valence-corrected chi connectivity index (χ2v) is 5.34. The zero-order valence-electron chi connectivity index (χ0n) is 11.9. The van der Waals surface area contributed by atoms with E-state index in [1.165, 1.54) is 22.3 Å². The van der Waals surface area contributed by atoms with Gasteiger partial charge in [0.05, 0.1) is 13.0 Å². The molecule has 0 radical (unpaired) electrons. The molecule has 0 aliphatic carbocycles. The number of nitrogens with one attached hydrogen (secondary N) is 1. The van der Waals surface area contributed by atoms with Gasteiger partial charge in [-0.25, -0.2) is 0 Å². The maximum absolute atomic E-state index is 11.7. The van der Waals surface area contributed by atoms with Crippen molar-refractivity contribution in [3.8, 4) is 0 Å². The number of nitrogens with zero attached hydrogens (tertiary/aromatic N) is 1. The lowest BCUT2D eigenvalue weighted by atomic mass is 10.0. The van der Waals surface area contributed by atoms with Gasteiger partial charge in [-0.2, -0.15) is 0 Å². The predicted molar refractivity (Wildman–Crippen MR) is 75.3 cm³/mol. The van der Waals surface area contributed by atoms with Gasteiger partial charge in [-0.1, -0.05) is 12.1 Å². The second kappa shape index (κ2) is 6.05. The number of aliphatic carboxylic acids is 1. The molecule has 0 aromatic heterocycles. The van der Waals surface area contributed by atoms with E-state index in [-0.39, 0.29) is 18.9 Å². The van der Waals surface area contributed by atoms with E-state index in [4.69, 9.17) is 5.11 Å². The van der Waals surface area contributed by atoms with E-state index in [0.29, 0.717) is 6.54 Å². The molecule has 1 heterocycles. The fourth-order valence-electron chi connectivity index (χ4n) is 2.45. The number of hydrogen-bond donors (Lipinski definition) is 2. The molecule has 1 amide bonds. The summed E-state index contributed by atoms with van der Waals surface area (Å²) in [7, 11) is 0. The Morgan fingerprint density at radius 1 is 1.20 bits per heavy atom. The number of carbonyl (C=O) groups is 2. The first-order valence-corrected chi connectivity index (χ1v) is 6.75. The summed E-state index contributed by atoms with van der Waals surface area (Å²) >= 11 is 0. The first-order valence-electron chi connectivity index (χ1n) is 6.75. The highest BCUT2D eigenvalue weighted by Gasteiger charge is 2.21. The van der Waals surface area contributed by atoms with Crippen LogP contribution in [0.4, 0.5) is 0 Å². The van der Waals surface area contributed by atoms with E-state index in [9.17, 15) is 9.59 Å². The van der Waals surface area contributed by atoms with E-state index in [1.807, 2.05) is 0 Å². The molecule has 5 heteroatoms. The lowest BCUT2D eigenvalue weighted by Crippen LogP contribution is -2.35. The summed E-state index contributed by atoms with van der Waals surface area (Å²) in [6.07, 6.45) is -0.0373. The number of fused-ring (bicyclic) bond motifs is 1. The third kappa shape index (κ3) is 3.57. The Morgan fingerprint density at radius 2 is 1.75 bits per heavy atom. The SMILES string of the molecule is Cc1cc2c(cc1C)CN(CC(=O)NCCC(=O)O)C2. The van der Waals surface area contributed by atoms with Crippen LogP contribution in [-0.2, 0) is 22.7 Å². The molecule has 0 spiro atoms. The molecule has 108 valence electrons. The molecule has 1 aliphatic rings. The third-order valence-corrected chi connectivity index (χ3v) is 3.63. The summed E-state index contributed by atoms with van der Waals surface area (Å²) in [5.74, 6) is -1.02. The molecular weight excluding hydrogens is 256 g/mol. The summed E-state index contributed by atoms with van der Waals surface area (Å²) in [6, 6.07) is 4.37. The van der Waals surface area contributed by atoms with Crippen LogP contribution in [0.1, 0.15) is 28.7 Å². The molecule has 1 aromatic rings. The fraction of sp³-hybridized carbons (Fsp3) is 0.467. The minimum Gasteiger partial charge on any atom is -0.481 e. The molecule has 2 N–H and O–H groups in total. The highest BCUT2D eigenvalue weighted by atomic mass is 16.4. The smallest absolute Gasteiger partial charge is 0.305 e. The normalized spacial score (nSPS) is 14.1. The van der Waals surface area contributed by atoms with Crippen molar-refractivity contribution in [2.45, 2.75) is 33.4 Å². The molecule has 2 rings (SSSR count). The standard InChI is InChI=1S/C15H20N2O3/c1-10-5-12-7-17(8-13(12)6-11(10)2)9-14(18)16-4-3-15(19)20/h5-6H,3-4,7-9H2,1-2H3,(H,16,18)(H,19,20). The van der Waals surface area contributed by atoms with Gasteiger partial charge in [0.2, 0.25) is 5.91 Å². The van der Waals surface area contributed by atoms with Crippen molar-refractivity contribution in [2.24, 2.45) is 0 Å². The lowest BCUT2D eigenvalue weighted by molar-refractivity contribution is -0.136. The molecule has 0 unspecified atom stereocenters. The summed E-state index contributed by atoms with van der Waals surface area (Å²) in [4.78, 5) is 24.2. The molecule has 0 saturated carbocycles. The van der Waals surface area contributed by atoms with Gasteiger partial charge in [0.1, 0.15) is 0 Å². The molecule has 0 atom stereocenters. The van der Waals surface area contributed by atoms with E-state index < -0.39 is 5.97 Å². The number of rotatable bonds is 5. The molecule has 20 heavy (non-hydrogen) atoms. The van der Waals surface area contributed by atoms with Gasteiger partial charge in [-0.15, -0.1) is 0 Å². The van der Waals surface area contributed by atoms with Crippen LogP contribution in [0.3, 0.4) is 0 Å². The summed E-state index contributed by atoms with van der Waals surface area (Å²) < 4.78 is 0. The Bertz CT molecular complexity index is 509. The predicted octanol–water partition coefficient (Wildman–Crippen LogP) is 1.21. The first-order chi connectivity index (χ1) is 9.45. The van der Waals surface area contributed by atoms with E-state index in [2.05, 4.69) is 36.2 Å². The lowest BCUT2D eigenvalue weighted by Gasteiger charge is -2.13. The first kappa shape index (κ1) is 14.5. The van der Waals surface area contributed by atoms with E-state index in [1.54, 1.807) is 0 Å². The number of carboxylic acid groups (broad SMARTS) is 1. The topological polar surface area (TPSA) is 69.6 Å². The van der Waals surface area contributed by atoms with Gasteiger partial charge < -0.3 is 10.4 Å². The van der Waals surface area contributed by atoms with Crippen LogP contribution in [0.5, 0.6) is 0 Å². The monoisotopic (exact) mass is 276 g/mol. The van der Waals surface area contributed by atoms with Crippen molar-refractivity contribution in [1.29, 1.82) is 0 Å². The Balaban J connectivity index is 1.85. The quantitative estimate of drug-likeness (QED) is 0.848. The average molecular weight is 276 g/mol. The van der Waals surface area contributed by atoms with Crippen LogP contribution in [0.25, 0.3) is 0 Å². The minimum absolute atomic E-state index is 0.0373. The molecule has 5 nitrogen and oxygen atoms in total. The Labute approximate surface area is 118 Å². The number of amides is 1. The van der Waals surface area contributed by atoms with E-state index >= 15 is 0 Å². The number of hydrogen-bond acceptors (Lipinski definition) is 3. The van der Waals surface area contributed by atoms with E-state index in [0.717, 1.165) is 13.1 Å². The summed E-state index contributed by atoms with van der Waals surface area (Å²) in [6.45, 7) is 6.25. The minimum atomic E-state index is -0.898. The fourth-order valence-corrected chi connectivity index (χ4v) is 2.45. The molecular formula is C15H20N2O3. The second-order valence-electron chi connectivity index (χ2n) is 5.34. The summed E-state index contributed by atoms with van der Waals surface area (Å²) in [5.41, 5.74) is 5.12. The molecule has 0 bridgehead atoms. The molecule has 1 aliphatic heterocycles. The maximum atomic E-state index is 11.7. The molecule has 0 fully saturated rings. The van der Waals surface area contributed by atoms with Crippen LogP contribution >= 0.6 is 0 Å². The van der Waals surface area contributed by atoms with Crippen molar-refractivity contribution >= 4 is 11.9 Å². The maximum Gasteiger partial charge on any atom is 0.305 e. The zero-order chi connectivity index (χ0) is 14.7. The number of carbonyl (C=O) groups excluding carboxylic acids is 1. The summed E-state index contributed by atoms with van der Waals surface area (Å²) in [5, 5.41) is 11.1. The zero-order valence-corrected chi connectivity index (χ0v) is 11.9. The Morgan fingerprint density at radius 3 is 2.25 bits per heavy atom. The van der Waals surface area contributed by atoms with Gasteiger partial charge in [-0.3, -0.25) is 14.5 Å². The van der Waals surface area contributed by atoms with Gasteiger partial charge >= 0.3 is 5.97 Å². The highest BCUT2D eigenvalue weighted by Crippen LogP contribution is 2.25. The average Bonchev–Trinajstić information content (AvgIpc) is 2.70. The van der Waals surface area contributed by atoms with Crippen molar-refractivity contribution in [2.75, 3.05) is 13.1 Å². The van der Waals surface area contributed by atoms with Crippen molar-refractivity contribution < 1.29 is 14.7 Å². The number of aryl methyl sites for hydroxylation is 2. The Hall–Kier alpha value is -1.88. The number of benzene rings is 1. The number of carboxylic acids is 1. The van der Waals surface area contributed by atoms with Crippen LogP contribution in [0, 0.1) is 13.8 Å². The van der Waals surface area contributed by atoms with Crippen molar-refractivity contribution in [1.82, 2.24) is 10.2 Å². The van der Waals surface area contributed by atoms with Crippen molar-refractivity contribution in [3.63, 3.8) is 0 Å². The van der Waals surface area contributed by atoms with Gasteiger partial charge in [-0.05, 0) is 36.1 Å². The van der Waals surface area contributed by atoms with Gasteiger partial charge in [0.25, 0.3) is 0 Å². The largest absolute Gasteiger partial charge is 0.481 e. The van der Waals surface area contributed by atoms with Crippen LogP contribution in [0.15, 0.2) is 12.1 Å².